The van der Waals surface area contributed by atoms with Gasteiger partial charge in [0, 0.05) is 29.7 Å². The lowest BCUT2D eigenvalue weighted by Crippen LogP contribution is -2.24. The molecule has 4 rings (SSSR count). The van der Waals surface area contributed by atoms with Gasteiger partial charge in [-0.25, -0.2) is 0 Å². The van der Waals surface area contributed by atoms with Crippen molar-refractivity contribution in [1.82, 2.24) is 9.88 Å². The lowest BCUT2D eigenvalue weighted by Gasteiger charge is -2.10. The Morgan fingerprint density at radius 1 is 1.03 bits per heavy atom. The topological polar surface area (TPSA) is 65.6 Å². The van der Waals surface area contributed by atoms with Crippen LogP contribution in [0.2, 0.25) is 0 Å². The van der Waals surface area contributed by atoms with Gasteiger partial charge in [0.15, 0.2) is 0 Å². The first kappa shape index (κ1) is 19.6. The Balaban J connectivity index is 1.57. The Hall–Kier alpha value is -3.67. The highest BCUT2D eigenvalue weighted by Gasteiger charge is 2.13. The van der Waals surface area contributed by atoms with Crippen molar-refractivity contribution in [3.05, 3.63) is 83.9 Å². The van der Waals surface area contributed by atoms with E-state index in [2.05, 4.69) is 16.0 Å². The van der Waals surface area contributed by atoms with E-state index in [0.717, 1.165) is 39.3 Å². The van der Waals surface area contributed by atoms with Gasteiger partial charge in [0.25, 0.3) is 0 Å². The van der Waals surface area contributed by atoms with Crippen LogP contribution in [0, 0.1) is 0 Å². The number of hydrogen-bond acceptors (Lipinski definition) is 4. The number of rotatable bonds is 8. The molecule has 0 fully saturated rings. The SMILES string of the molecule is COc1cc(Cn2cc(CC(=O)NCc3ccco3)c3ccccc32)cc(OC)c1. The van der Waals surface area contributed by atoms with E-state index in [-0.39, 0.29) is 5.91 Å². The van der Waals surface area contributed by atoms with Crippen LogP contribution in [0.4, 0.5) is 0 Å². The van der Waals surface area contributed by atoms with E-state index in [1.165, 1.54) is 0 Å². The molecule has 154 valence electrons. The van der Waals surface area contributed by atoms with Gasteiger partial charge in [-0.1, -0.05) is 18.2 Å². The number of fused-ring (bicyclic) bond motifs is 1. The van der Waals surface area contributed by atoms with Gasteiger partial charge in [-0.05, 0) is 41.5 Å². The summed E-state index contributed by atoms with van der Waals surface area (Å²) in [6, 6.07) is 17.6. The summed E-state index contributed by atoms with van der Waals surface area (Å²) in [4.78, 5) is 12.5. The minimum Gasteiger partial charge on any atom is -0.497 e. The van der Waals surface area contributed by atoms with Crippen molar-refractivity contribution in [2.45, 2.75) is 19.5 Å². The third kappa shape index (κ3) is 4.33. The number of methoxy groups -OCH3 is 2. The Morgan fingerprint density at radius 3 is 2.50 bits per heavy atom. The van der Waals surface area contributed by atoms with Crippen molar-refractivity contribution in [1.29, 1.82) is 0 Å². The Morgan fingerprint density at radius 2 is 1.80 bits per heavy atom. The highest BCUT2D eigenvalue weighted by Crippen LogP contribution is 2.26. The van der Waals surface area contributed by atoms with Gasteiger partial charge in [0.1, 0.15) is 17.3 Å². The Bertz CT molecular complexity index is 1120. The fourth-order valence-electron chi connectivity index (χ4n) is 3.58. The molecule has 2 aromatic carbocycles. The average Bonchev–Trinajstić information content (AvgIpc) is 3.41. The predicted molar refractivity (Wildman–Crippen MR) is 115 cm³/mol. The third-order valence-electron chi connectivity index (χ3n) is 5.03. The molecule has 1 N–H and O–H groups in total. The second kappa shape index (κ2) is 8.78. The quantitative estimate of drug-likeness (QED) is 0.479. The number of carbonyl (C=O) groups excluding carboxylic acids is 1. The maximum atomic E-state index is 12.5. The molecule has 30 heavy (non-hydrogen) atoms. The molecule has 0 radical (unpaired) electrons. The van der Waals surface area contributed by atoms with Gasteiger partial charge in [-0.15, -0.1) is 0 Å². The molecule has 4 aromatic rings. The van der Waals surface area contributed by atoms with Crippen molar-refractivity contribution in [2.24, 2.45) is 0 Å². The van der Waals surface area contributed by atoms with Crippen LogP contribution >= 0.6 is 0 Å². The van der Waals surface area contributed by atoms with Crippen molar-refractivity contribution >= 4 is 16.8 Å². The maximum Gasteiger partial charge on any atom is 0.224 e. The number of para-hydroxylation sites is 1. The highest BCUT2D eigenvalue weighted by atomic mass is 16.5. The minimum absolute atomic E-state index is 0.0441. The van der Waals surface area contributed by atoms with Gasteiger partial charge in [0.05, 0.1) is 33.4 Å². The number of nitrogens with one attached hydrogen (secondary N) is 1. The average molecular weight is 404 g/mol. The van der Waals surface area contributed by atoms with Crippen LogP contribution in [-0.2, 0) is 24.3 Å². The zero-order chi connectivity index (χ0) is 20.9. The number of hydrogen-bond donors (Lipinski definition) is 1. The Kier molecular flexibility index (Phi) is 5.75. The molecule has 0 bridgehead atoms. The van der Waals surface area contributed by atoms with Crippen molar-refractivity contribution in [2.75, 3.05) is 14.2 Å². The van der Waals surface area contributed by atoms with Crippen molar-refractivity contribution < 1.29 is 18.7 Å². The van der Waals surface area contributed by atoms with E-state index in [1.54, 1.807) is 20.5 Å². The van der Waals surface area contributed by atoms with Gasteiger partial charge in [-0.3, -0.25) is 4.79 Å². The number of benzene rings is 2. The minimum atomic E-state index is -0.0441. The molecule has 6 nitrogen and oxygen atoms in total. The smallest absolute Gasteiger partial charge is 0.224 e. The van der Waals surface area contributed by atoms with Gasteiger partial charge < -0.3 is 23.8 Å². The lowest BCUT2D eigenvalue weighted by molar-refractivity contribution is -0.120. The maximum absolute atomic E-state index is 12.5. The molecule has 0 aliphatic rings. The fraction of sp³-hybridized carbons (Fsp3) is 0.208. The number of carbonyl (C=O) groups is 1. The summed E-state index contributed by atoms with van der Waals surface area (Å²) in [7, 11) is 3.28. The van der Waals surface area contributed by atoms with Crippen molar-refractivity contribution in [3.8, 4) is 11.5 Å². The van der Waals surface area contributed by atoms with Crippen LogP contribution in [-0.4, -0.2) is 24.7 Å². The molecular formula is C24H24N2O4. The lowest BCUT2D eigenvalue weighted by atomic mass is 10.1. The van der Waals surface area contributed by atoms with E-state index in [4.69, 9.17) is 13.9 Å². The van der Waals surface area contributed by atoms with E-state index >= 15 is 0 Å². The van der Waals surface area contributed by atoms with Gasteiger partial charge in [-0.2, -0.15) is 0 Å². The molecular weight excluding hydrogens is 380 g/mol. The molecule has 6 heteroatoms. The van der Waals surface area contributed by atoms with E-state index in [9.17, 15) is 4.79 Å². The van der Waals surface area contributed by atoms with Crippen LogP contribution in [0.1, 0.15) is 16.9 Å². The summed E-state index contributed by atoms with van der Waals surface area (Å²) in [6.45, 7) is 1.02. The summed E-state index contributed by atoms with van der Waals surface area (Å²) in [5.41, 5.74) is 3.12. The fourth-order valence-corrected chi connectivity index (χ4v) is 3.58. The van der Waals surface area contributed by atoms with Crippen LogP contribution in [0.25, 0.3) is 10.9 Å². The van der Waals surface area contributed by atoms with Gasteiger partial charge in [0.2, 0.25) is 5.91 Å². The largest absolute Gasteiger partial charge is 0.497 e. The molecule has 2 aromatic heterocycles. The summed E-state index contributed by atoms with van der Waals surface area (Å²) in [5.74, 6) is 2.19. The highest BCUT2D eigenvalue weighted by molar-refractivity contribution is 5.89. The molecule has 0 saturated heterocycles. The number of ether oxygens (including phenoxy) is 2. The molecule has 0 unspecified atom stereocenters. The normalized spacial score (nSPS) is 10.9. The first-order valence-electron chi connectivity index (χ1n) is 9.74. The molecule has 0 saturated carbocycles. The molecule has 0 atom stereocenters. The molecule has 2 heterocycles. The number of furan rings is 1. The first-order chi connectivity index (χ1) is 14.7. The summed E-state index contributed by atoms with van der Waals surface area (Å²) in [6.07, 6.45) is 3.95. The molecule has 0 spiro atoms. The zero-order valence-electron chi connectivity index (χ0n) is 17.1. The monoisotopic (exact) mass is 404 g/mol. The second-order valence-electron chi connectivity index (χ2n) is 7.05. The van der Waals surface area contributed by atoms with Crippen LogP contribution in [0.3, 0.4) is 0 Å². The van der Waals surface area contributed by atoms with E-state index in [1.807, 2.05) is 54.7 Å². The summed E-state index contributed by atoms with van der Waals surface area (Å²) in [5, 5.41) is 3.98. The van der Waals surface area contributed by atoms with Gasteiger partial charge >= 0.3 is 0 Å². The number of nitrogens with zero attached hydrogens (tertiary/aromatic N) is 1. The molecule has 0 aliphatic heterocycles. The molecule has 0 aliphatic carbocycles. The number of amides is 1. The van der Waals surface area contributed by atoms with Crippen LogP contribution < -0.4 is 14.8 Å². The zero-order valence-corrected chi connectivity index (χ0v) is 17.1. The number of aromatic nitrogens is 1. The first-order valence-corrected chi connectivity index (χ1v) is 9.74. The van der Waals surface area contributed by atoms with E-state index < -0.39 is 0 Å². The second-order valence-corrected chi connectivity index (χ2v) is 7.05. The predicted octanol–water partition coefficient (Wildman–Crippen LogP) is 4.16. The standard InChI is InChI=1S/C24H24N2O4/c1-28-20-10-17(11-21(13-20)29-2)15-26-16-18(22-7-3-4-8-23(22)26)12-24(27)25-14-19-6-5-9-30-19/h3-11,13,16H,12,14-15H2,1-2H3,(H,25,27). The van der Waals surface area contributed by atoms with Crippen LogP contribution in [0.5, 0.6) is 11.5 Å². The third-order valence-corrected chi connectivity index (χ3v) is 5.03. The van der Waals surface area contributed by atoms with Crippen LogP contribution in [0.15, 0.2) is 71.5 Å². The van der Waals surface area contributed by atoms with Crippen molar-refractivity contribution in [3.63, 3.8) is 0 Å². The molecule has 1 amide bonds. The summed E-state index contributed by atoms with van der Waals surface area (Å²) < 4.78 is 18.2. The Labute approximate surface area is 175 Å². The summed E-state index contributed by atoms with van der Waals surface area (Å²) >= 11 is 0. The van der Waals surface area contributed by atoms with E-state index in [0.29, 0.717) is 19.5 Å².